The molecule has 0 spiro atoms. The largest absolute Gasteiger partial charge is 0.573 e. The van der Waals surface area contributed by atoms with Crippen LogP contribution in [0.4, 0.5) is 26.3 Å². The summed E-state index contributed by atoms with van der Waals surface area (Å²) in [7, 11) is 0. The second-order valence-corrected chi connectivity index (χ2v) is 5.98. The third kappa shape index (κ3) is 5.32. The van der Waals surface area contributed by atoms with Crippen molar-refractivity contribution < 1.29 is 35.8 Å². The molecule has 2 aromatic carbocycles. The number of rotatable bonds is 4. The fourth-order valence-electron chi connectivity index (χ4n) is 2.58. The number of halogens is 7. The van der Waals surface area contributed by atoms with Gasteiger partial charge in [0.2, 0.25) is 0 Å². The van der Waals surface area contributed by atoms with Crippen molar-refractivity contribution in [3.63, 3.8) is 0 Å². The summed E-state index contributed by atoms with van der Waals surface area (Å²) < 4.78 is 83.7. The van der Waals surface area contributed by atoms with Gasteiger partial charge in [-0.3, -0.25) is 0 Å². The van der Waals surface area contributed by atoms with Crippen LogP contribution in [0.5, 0.6) is 11.5 Å². The monoisotopic (exact) mass is 433 g/mol. The summed E-state index contributed by atoms with van der Waals surface area (Å²) in [6.07, 6.45) is -9.82. The molecule has 0 aliphatic rings. The van der Waals surface area contributed by atoms with Gasteiger partial charge in [-0.1, -0.05) is 41.9 Å². The quantitative estimate of drug-likeness (QED) is 0.332. The molecule has 3 rings (SSSR count). The topological polar surface area (TPSA) is 31.4 Å². The molecule has 0 unspecified atom stereocenters. The molecule has 0 atom stereocenters. The van der Waals surface area contributed by atoms with Gasteiger partial charge in [-0.2, -0.15) is 0 Å². The van der Waals surface area contributed by atoms with Crippen LogP contribution in [0.15, 0.2) is 60.7 Å². The summed E-state index contributed by atoms with van der Waals surface area (Å²) in [4.78, 5) is 4.03. The zero-order valence-corrected chi connectivity index (χ0v) is 14.9. The number of pyridine rings is 1. The fraction of sp³-hybridized carbons (Fsp3) is 0.105. The third-order valence-electron chi connectivity index (χ3n) is 3.64. The number of para-hydroxylation sites is 2. The summed E-state index contributed by atoms with van der Waals surface area (Å²) in [6.45, 7) is 0. The SMILES string of the molecule is FC(F)(F)Oc1ccccc1-c1ccc(-c2ccccc2OC(F)(F)F)c(Cl)n1. The molecule has 3 aromatic rings. The minimum Gasteiger partial charge on any atom is -0.405 e. The minimum atomic E-state index is -4.91. The first-order valence-corrected chi connectivity index (χ1v) is 8.28. The van der Waals surface area contributed by atoms with E-state index in [0.717, 1.165) is 12.1 Å². The van der Waals surface area contributed by atoms with Crippen molar-refractivity contribution in [2.45, 2.75) is 12.7 Å². The van der Waals surface area contributed by atoms with E-state index in [1.54, 1.807) is 0 Å². The Kier molecular flexibility index (Phi) is 5.61. The first-order chi connectivity index (χ1) is 13.5. The standard InChI is InChI=1S/C19H10ClF6NO2/c20-17-12(11-5-1-3-7-15(11)28-18(21,22)23)9-10-14(27-17)13-6-2-4-8-16(13)29-19(24,25)26/h1-10H. The zero-order chi connectivity index (χ0) is 21.2. The Labute approximate surface area is 165 Å². The molecular weight excluding hydrogens is 424 g/mol. The molecule has 152 valence electrons. The van der Waals surface area contributed by atoms with Crippen LogP contribution in [0.3, 0.4) is 0 Å². The molecule has 0 radical (unpaired) electrons. The fourth-order valence-corrected chi connectivity index (χ4v) is 2.84. The molecular formula is C19H10ClF6NO2. The van der Waals surface area contributed by atoms with E-state index in [0.29, 0.717) is 0 Å². The summed E-state index contributed by atoms with van der Waals surface area (Å²) in [5.41, 5.74) is 0.198. The van der Waals surface area contributed by atoms with Gasteiger partial charge < -0.3 is 9.47 Å². The average Bonchev–Trinajstić information content (AvgIpc) is 2.60. The lowest BCUT2D eigenvalue weighted by atomic mass is 10.0. The van der Waals surface area contributed by atoms with Crippen molar-refractivity contribution in [2.24, 2.45) is 0 Å². The number of ether oxygens (including phenoxy) is 2. The van der Waals surface area contributed by atoms with Crippen LogP contribution in [0.25, 0.3) is 22.4 Å². The molecule has 0 N–H and O–H groups in total. The Hall–Kier alpha value is -2.94. The zero-order valence-electron chi connectivity index (χ0n) is 14.2. The molecule has 0 aliphatic heterocycles. The van der Waals surface area contributed by atoms with Crippen molar-refractivity contribution in [2.75, 3.05) is 0 Å². The minimum absolute atomic E-state index is 0.0121. The Bertz CT molecular complexity index is 1020. The highest BCUT2D eigenvalue weighted by atomic mass is 35.5. The molecule has 10 heteroatoms. The molecule has 3 nitrogen and oxygen atoms in total. The highest BCUT2D eigenvalue weighted by Crippen LogP contribution is 2.39. The van der Waals surface area contributed by atoms with Gasteiger partial charge in [-0.25, -0.2) is 4.98 Å². The molecule has 0 saturated carbocycles. The lowest BCUT2D eigenvalue weighted by Gasteiger charge is -2.15. The van der Waals surface area contributed by atoms with Crippen molar-refractivity contribution in [3.8, 4) is 33.9 Å². The van der Waals surface area contributed by atoms with Gasteiger partial charge in [0, 0.05) is 16.7 Å². The smallest absolute Gasteiger partial charge is 0.405 e. The van der Waals surface area contributed by atoms with Crippen molar-refractivity contribution in [3.05, 3.63) is 65.8 Å². The number of nitrogens with zero attached hydrogens (tertiary/aromatic N) is 1. The van der Waals surface area contributed by atoms with E-state index >= 15 is 0 Å². The Morgan fingerprint density at radius 2 is 1.10 bits per heavy atom. The summed E-state index contributed by atoms with van der Waals surface area (Å²) >= 11 is 6.13. The lowest BCUT2D eigenvalue weighted by molar-refractivity contribution is -0.275. The second-order valence-electron chi connectivity index (χ2n) is 5.62. The highest BCUT2D eigenvalue weighted by Gasteiger charge is 2.33. The maximum atomic E-state index is 12.6. The van der Waals surface area contributed by atoms with Crippen molar-refractivity contribution in [1.82, 2.24) is 4.98 Å². The van der Waals surface area contributed by atoms with E-state index in [1.807, 2.05) is 0 Å². The van der Waals surface area contributed by atoms with E-state index in [-0.39, 0.29) is 27.5 Å². The normalized spacial score (nSPS) is 12.0. The van der Waals surface area contributed by atoms with E-state index in [2.05, 4.69) is 14.5 Å². The van der Waals surface area contributed by atoms with E-state index < -0.39 is 24.2 Å². The van der Waals surface area contributed by atoms with Crippen LogP contribution in [0, 0.1) is 0 Å². The Balaban J connectivity index is 2.02. The molecule has 0 amide bonds. The van der Waals surface area contributed by atoms with E-state index in [1.165, 1.54) is 48.5 Å². The highest BCUT2D eigenvalue weighted by molar-refractivity contribution is 6.32. The third-order valence-corrected chi connectivity index (χ3v) is 3.93. The van der Waals surface area contributed by atoms with Gasteiger partial charge in [0.15, 0.2) is 0 Å². The predicted octanol–water partition coefficient (Wildman–Crippen LogP) is 6.87. The molecule has 0 saturated heterocycles. The number of benzene rings is 2. The maximum Gasteiger partial charge on any atom is 0.573 e. The van der Waals surface area contributed by atoms with Gasteiger partial charge in [0.1, 0.15) is 16.7 Å². The van der Waals surface area contributed by atoms with Crippen LogP contribution >= 0.6 is 11.6 Å². The average molecular weight is 434 g/mol. The Morgan fingerprint density at radius 3 is 1.62 bits per heavy atom. The van der Waals surface area contributed by atoms with Crippen LogP contribution in [0.1, 0.15) is 0 Å². The lowest BCUT2D eigenvalue weighted by Crippen LogP contribution is -2.17. The van der Waals surface area contributed by atoms with Gasteiger partial charge in [0.05, 0.1) is 5.69 Å². The van der Waals surface area contributed by atoms with Crippen LogP contribution in [-0.4, -0.2) is 17.7 Å². The molecule has 1 aromatic heterocycles. The first kappa shape index (κ1) is 20.8. The van der Waals surface area contributed by atoms with Crippen LogP contribution < -0.4 is 9.47 Å². The van der Waals surface area contributed by atoms with Gasteiger partial charge in [-0.05, 0) is 30.3 Å². The van der Waals surface area contributed by atoms with Gasteiger partial charge in [0.25, 0.3) is 0 Å². The first-order valence-electron chi connectivity index (χ1n) is 7.90. The summed E-state index contributed by atoms with van der Waals surface area (Å²) in [5.74, 6) is -0.977. The van der Waals surface area contributed by atoms with Crippen molar-refractivity contribution >= 4 is 11.6 Å². The molecule has 1 heterocycles. The van der Waals surface area contributed by atoms with Crippen LogP contribution in [0.2, 0.25) is 5.15 Å². The maximum absolute atomic E-state index is 12.6. The molecule has 29 heavy (non-hydrogen) atoms. The number of hydrogen-bond acceptors (Lipinski definition) is 3. The molecule has 0 aliphatic carbocycles. The number of alkyl halides is 6. The summed E-state index contributed by atoms with van der Waals surface area (Å²) in [5, 5.41) is -0.220. The van der Waals surface area contributed by atoms with Gasteiger partial charge >= 0.3 is 12.7 Å². The number of hydrogen-bond donors (Lipinski definition) is 0. The second kappa shape index (κ2) is 7.82. The van der Waals surface area contributed by atoms with Crippen molar-refractivity contribution in [1.29, 1.82) is 0 Å². The molecule has 0 bridgehead atoms. The number of aromatic nitrogens is 1. The van der Waals surface area contributed by atoms with E-state index in [9.17, 15) is 26.3 Å². The predicted molar refractivity (Wildman–Crippen MR) is 93.5 cm³/mol. The van der Waals surface area contributed by atoms with Crippen LogP contribution in [-0.2, 0) is 0 Å². The van der Waals surface area contributed by atoms with Gasteiger partial charge in [-0.15, -0.1) is 26.3 Å². The van der Waals surface area contributed by atoms with E-state index in [4.69, 9.17) is 11.6 Å². The Morgan fingerprint density at radius 1 is 0.621 bits per heavy atom. The summed E-state index contributed by atoms with van der Waals surface area (Å²) in [6, 6.07) is 13.3. The molecule has 0 fully saturated rings.